The molecule has 0 amide bonds. The number of rotatable bonds is 12. The van der Waals surface area contributed by atoms with Crippen molar-refractivity contribution in [2.75, 3.05) is 0 Å². The van der Waals surface area contributed by atoms with Crippen LogP contribution in [0.2, 0.25) is 0 Å². The number of oxazole rings is 2. The van der Waals surface area contributed by atoms with Crippen LogP contribution in [-0.4, -0.2) is 39.9 Å². The summed E-state index contributed by atoms with van der Waals surface area (Å²) in [7, 11) is 0. The number of nitrogens with zero attached hydrogens (tertiary/aromatic N) is 7. The number of hydrogen-bond donors (Lipinski definition) is 1. The minimum Gasteiger partial charge on any atom is -0.448 e. The third-order valence-corrected chi connectivity index (χ3v) is 12.8. The molecule has 1 N–H and O–H groups in total. The highest BCUT2D eigenvalue weighted by Gasteiger charge is 2.12. The van der Waals surface area contributed by atoms with Gasteiger partial charge in [0.1, 0.15) is 23.7 Å². The normalized spacial score (nSPS) is 10.6. The fourth-order valence-corrected chi connectivity index (χ4v) is 7.18. The zero-order valence-electron chi connectivity index (χ0n) is 46.2. The number of hydrogen-bond acceptors (Lipinski definition) is 11. The van der Waals surface area contributed by atoms with Gasteiger partial charge in [0.2, 0.25) is 0 Å². The molecule has 6 aromatic heterocycles. The molecule has 416 valence electrons. The van der Waals surface area contributed by atoms with Gasteiger partial charge in [-0.25, -0.2) is 34.9 Å². The second kappa shape index (κ2) is 38.5. The maximum absolute atomic E-state index is 5.50. The van der Waals surface area contributed by atoms with E-state index >= 15 is 0 Å². The molecular weight excluding hydrogens is 929 g/mol. The Labute approximate surface area is 452 Å². The van der Waals surface area contributed by atoms with Crippen molar-refractivity contribution in [3.63, 3.8) is 0 Å². The van der Waals surface area contributed by atoms with Crippen LogP contribution in [0.4, 0.5) is 0 Å². The minimum atomic E-state index is 0. The van der Waals surface area contributed by atoms with Crippen LogP contribution in [0.1, 0.15) is 341 Å². The van der Waals surface area contributed by atoms with Crippen molar-refractivity contribution in [1.29, 1.82) is 0 Å². The smallest absolute Gasteiger partial charge is 0.196 e. The molecule has 0 spiro atoms. The molecule has 0 saturated carbocycles. The van der Waals surface area contributed by atoms with Crippen molar-refractivity contribution in [1.82, 2.24) is 39.9 Å². The maximum atomic E-state index is 5.50. The van der Waals surface area contributed by atoms with Crippen LogP contribution >= 0.6 is 22.7 Å². The lowest BCUT2D eigenvalue weighted by molar-refractivity contribution is 0.422. The van der Waals surface area contributed by atoms with Gasteiger partial charge < -0.3 is 13.8 Å². The van der Waals surface area contributed by atoms with Crippen molar-refractivity contribution < 1.29 is 8.83 Å². The van der Waals surface area contributed by atoms with E-state index in [1.807, 2.05) is 42.2 Å². The highest BCUT2D eigenvalue weighted by molar-refractivity contribution is 7.11. The molecule has 0 aliphatic heterocycles. The molecule has 72 heavy (non-hydrogen) atoms. The van der Waals surface area contributed by atoms with Gasteiger partial charge in [-0.1, -0.05) is 203 Å². The first-order valence-electron chi connectivity index (χ1n) is 24.9. The average Bonchev–Trinajstić information content (AvgIpc) is 4.10. The lowest BCUT2D eigenvalue weighted by Crippen LogP contribution is -2.01. The molecule has 0 fully saturated rings. The molecule has 6 heterocycles. The molecular formula is C60H112N8O2S2. The van der Waals surface area contributed by atoms with Crippen molar-refractivity contribution in [3.05, 3.63) is 109 Å². The zero-order chi connectivity index (χ0) is 51.3. The maximum Gasteiger partial charge on any atom is 0.196 e. The molecule has 0 radical (unpaired) electrons. The van der Waals surface area contributed by atoms with E-state index in [0.717, 1.165) is 40.6 Å². The largest absolute Gasteiger partial charge is 0.448 e. The highest BCUT2D eigenvalue weighted by atomic mass is 32.1. The van der Waals surface area contributed by atoms with Gasteiger partial charge in [-0.15, -0.1) is 22.7 Å². The monoisotopic (exact) mass is 1040 g/mol. The summed E-state index contributed by atoms with van der Waals surface area (Å²) in [5.41, 5.74) is 4.65. The van der Waals surface area contributed by atoms with Crippen LogP contribution in [0.3, 0.4) is 0 Å². The Hall–Kier alpha value is -4.03. The van der Waals surface area contributed by atoms with Gasteiger partial charge >= 0.3 is 0 Å². The molecule has 0 unspecified atom stereocenters. The summed E-state index contributed by atoms with van der Waals surface area (Å²) in [5, 5.41) is 4.68. The van der Waals surface area contributed by atoms with Gasteiger partial charge in [0.05, 0.1) is 27.6 Å². The third kappa shape index (κ3) is 28.4. The first-order valence-corrected chi connectivity index (χ1v) is 26.5. The van der Waals surface area contributed by atoms with E-state index in [-0.39, 0.29) is 37.1 Å². The number of imidazole rings is 1. The van der Waals surface area contributed by atoms with Gasteiger partial charge in [0, 0.05) is 81.7 Å². The molecule has 6 aromatic rings. The van der Waals surface area contributed by atoms with Crippen LogP contribution in [0.5, 0.6) is 0 Å². The van der Waals surface area contributed by atoms with Gasteiger partial charge in [-0.3, -0.25) is 0 Å². The van der Waals surface area contributed by atoms with Crippen molar-refractivity contribution in [3.8, 4) is 0 Å². The van der Waals surface area contributed by atoms with Crippen LogP contribution in [0, 0.1) is 0 Å². The fourth-order valence-electron chi connectivity index (χ4n) is 5.26. The van der Waals surface area contributed by atoms with Gasteiger partial charge in [-0.2, -0.15) is 0 Å². The Bertz CT molecular complexity index is 1750. The van der Waals surface area contributed by atoms with Gasteiger partial charge in [0.15, 0.2) is 11.8 Å². The predicted octanol–water partition coefficient (Wildman–Crippen LogP) is 21.2. The molecule has 10 nitrogen and oxygen atoms in total. The summed E-state index contributed by atoms with van der Waals surface area (Å²) in [6.45, 7) is 51.4. The van der Waals surface area contributed by atoms with E-state index in [9.17, 15) is 0 Å². The summed E-state index contributed by atoms with van der Waals surface area (Å²) in [6.07, 6.45) is 9.35. The highest BCUT2D eigenvalue weighted by Crippen LogP contribution is 2.27. The molecule has 0 atom stereocenters. The number of aromatic amines is 1. The van der Waals surface area contributed by atoms with Crippen molar-refractivity contribution in [2.45, 2.75) is 274 Å². The van der Waals surface area contributed by atoms with Gasteiger partial charge in [-0.05, 0) is 35.7 Å². The summed E-state index contributed by atoms with van der Waals surface area (Å²) >= 11 is 3.61. The van der Waals surface area contributed by atoms with E-state index in [2.05, 4.69) is 211 Å². The number of H-pyrrole nitrogens is 1. The van der Waals surface area contributed by atoms with E-state index in [1.54, 1.807) is 17.6 Å². The standard InChI is InChI=1S/C10H16N2.C9H16N2.2C9H15NO.2C9H15NS.5CH4/c1-7(2)9-5-6-11-10(12-9)8(3)4;1-6(2)8-5-10-9(11-8)7(3)4;1-6(2)8-5-11-9(10-8)7(3)4;1-6(2)8-5-10-9(11-8)7(3)4;1-6(2)8-5-11-9(10-8)7(3)4;1-6(2)8-5-10-9(11-8)7(3)4;;;;;/h5-8H,1-4H3;5-7H,1-4H3,(H,10,11);4*5-7H,1-4H3;5*1H4. The quantitative estimate of drug-likeness (QED) is 0.127. The van der Waals surface area contributed by atoms with Crippen LogP contribution < -0.4 is 0 Å². The summed E-state index contributed by atoms with van der Waals surface area (Å²) < 4.78 is 10.8. The van der Waals surface area contributed by atoms with E-state index in [1.165, 1.54) is 26.3 Å². The first-order chi connectivity index (χ1) is 31.2. The lowest BCUT2D eigenvalue weighted by atomic mass is 10.1. The molecule has 6 rings (SSSR count). The van der Waals surface area contributed by atoms with E-state index in [4.69, 9.17) is 8.83 Å². The first kappa shape index (κ1) is 76.9. The molecule has 0 aromatic carbocycles. The minimum absolute atomic E-state index is 0. The second-order valence-electron chi connectivity index (χ2n) is 20.8. The summed E-state index contributed by atoms with van der Waals surface area (Å²) in [5.74, 6) is 10.7. The van der Waals surface area contributed by atoms with Crippen LogP contribution in [0.15, 0.2) is 51.3 Å². The molecule has 0 bridgehead atoms. The Morgan fingerprint density at radius 2 is 0.972 bits per heavy atom. The fraction of sp³-hybridized carbons (Fsp3) is 0.683. The Balaban J connectivity index is -0.000000246. The second-order valence-corrected chi connectivity index (χ2v) is 22.8. The number of aromatic nitrogens is 8. The lowest BCUT2D eigenvalue weighted by Gasteiger charge is -2.07. The average molecular weight is 1040 g/mol. The predicted molar refractivity (Wildman–Crippen MR) is 321 cm³/mol. The number of nitrogens with one attached hydrogen (secondary N) is 1. The molecule has 0 aliphatic rings. The van der Waals surface area contributed by atoms with Crippen LogP contribution in [0.25, 0.3) is 0 Å². The molecule has 0 saturated heterocycles. The van der Waals surface area contributed by atoms with Crippen molar-refractivity contribution in [2.24, 2.45) is 0 Å². The topological polar surface area (TPSA) is 132 Å². The summed E-state index contributed by atoms with van der Waals surface area (Å²) in [4.78, 5) is 35.0. The Morgan fingerprint density at radius 3 is 1.26 bits per heavy atom. The number of thiazole rings is 2. The Morgan fingerprint density at radius 1 is 0.431 bits per heavy atom. The Kier molecular flexibility index (Phi) is 41.1. The van der Waals surface area contributed by atoms with Gasteiger partial charge in [0.25, 0.3) is 0 Å². The molecule has 12 heteroatoms. The summed E-state index contributed by atoms with van der Waals surface area (Å²) in [6, 6.07) is 1.98. The van der Waals surface area contributed by atoms with Crippen LogP contribution in [-0.2, 0) is 0 Å². The van der Waals surface area contributed by atoms with E-state index in [0.29, 0.717) is 71.0 Å². The third-order valence-electron chi connectivity index (χ3n) is 10.0. The van der Waals surface area contributed by atoms with Crippen molar-refractivity contribution >= 4 is 22.7 Å². The zero-order valence-corrected chi connectivity index (χ0v) is 47.9. The van der Waals surface area contributed by atoms with E-state index < -0.39 is 0 Å². The SMILES string of the molecule is C.C.C.C.C.CC(C)c1ccnc(C(C)C)n1.CC(C)c1cnc(C(C)C)[nH]1.CC(C)c1cnc(C(C)C)o1.CC(C)c1cnc(C(C)C)s1.CC(C)c1coc(C(C)C)n1.CC(C)c1csc(C(C)C)n1. The molecule has 0 aliphatic carbocycles.